The van der Waals surface area contributed by atoms with E-state index in [2.05, 4.69) is 23.6 Å². The molecule has 30 heavy (non-hydrogen) atoms. The van der Waals surface area contributed by atoms with Crippen LogP contribution in [0.4, 0.5) is 0 Å². The van der Waals surface area contributed by atoms with Crippen LogP contribution in [0.3, 0.4) is 0 Å². The van der Waals surface area contributed by atoms with Crippen LogP contribution >= 0.6 is 45.3 Å². The summed E-state index contributed by atoms with van der Waals surface area (Å²) in [7, 11) is 3.51. The van der Waals surface area contributed by atoms with Gasteiger partial charge in [-0.3, -0.25) is 9.59 Å². The summed E-state index contributed by atoms with van der Waals surface area (Å²) < 4.78 is 2.58. The highest BCUT2D eigenvalue weighted by atomic mass is 32.1. The highest BCUT2D eigenvalue weighted by Gasteiger charge is 2.47. The molecule has 0 unspecified atom stereocenters. The molecule has 4 aromatic heterocycles. The molecule has 8 heteroatoms. The first-order chi connectivity index (χ1) is 14.5. The summed E-state index contributed by atoms with van der Waals surface area (Å²) in [5, 5.41) is 4.07. The van der Waals surface area contributed by atoms with Gasteiger partial charge in [0.25, 0.3) is 11.8 Å². The minimum absolute atomic E-state index is 0.118. The Morgan fingerprint density at radius 1 is 0.667 bits per heavy atom. The summed E-state index contributed by atoms with van der Waals surface area (Å²) in [6.07, 6.45) is 0. The number of carbonyl (C=O) groups is 2. The van der Waals surface area contributed by atoms with Gasteiger partial charge in [-0.1, -0.05) is 6.07 Å². The smallest absolute Gasteiger partial charge is 0.261 e. The molecule has 0 spiro atoms. The van der Waals surface area contributed by atoms with E-state index in [0.29, 0.717) is 22.5 Å². The molecule has 0 atom stereocenters. The van der Waals surface area contributed by atoms with Crippen molar-refractivity contribution in [1.29, 1.82) is 0 Å². The van der Waals surface area contributed by atoms with Gasteiger partial charge in [-0.15, -0.1) is 45.3 Å². The summed E-state index contributed by atoms with van der Waals surface area (Å²) in [5.41, 5.74) is 2.48. The Balaban J connectivity index is 1.51. The predicted molar refractivity (Wildman–Crippen MR) is 127 cm³/mol. The normalized spacial score (nSPS) is 16.7. The van der Waals surface area contributed by atoms with Gasteiger partial charge in [-0.25, -0.2) is 0 Å². The van der Waals surface area contributed by atoms with E-state index in [4.69, 9.17) is 0 Å². The van der Waals surface area contributed by atoms with E-state index in [-0.39, 0.29) is 11.8 Å². The van der Waals surface area contributed by atoms with Crippen molar-refractivity contribution in [2.24, 2.45) is 0 Å². The van der Waals surface area contributed by atoms with Gasteiger partial charge in [-0.05, 0) is 41.1 Å². The standard InChI is InChI=1S/C22H14N2O2S4/c1-23-19(13-4-3-8-27-13)17-18(22(23)26)20(24(2)21(17)25)14-6-5-11(29-14)16-10-15-12(30-16)7-9-28-15/h3-10H,1-2H3. The van der Waals surface area contributed by atoms with Gasteiger partial charge in [0, 0.05) is 33.2 Å². The Morgan fingerprint density at radius 2 is 1.37 bits per heavy atom. The van der Waals surface area contributed by atoms with Gasteiger partial charge in [-0.2, -0.15) is 0 Å². The first-order valence-corrected chi connectivity index (χ1v) is 12.6. The SMILES string of the molecule is CN1C(=O)C2=C(c3ccc(-c4cc5sccc5s4)s3)N(C)C(=O)C2=C1c1cccs1. The van der Waals surface area contributed by atoms with E-state index in [1.54, 1.807) is 57.9 Å². The first-order valence-electron chi connectivity index (χ1n) is 9.21. The van der Waals surface area contributed by atoms with Crippen molar-refractivity contribution in [3.63, 3.8) is 0 Å². The largest absolute Gasteiger partial charge is 0.309 e. The van der Waals surface area contributed by atoms with E-state index in [1.807, 2.05) is 23.6 Å². The molecule has 2 aliphatic rings. The van der Waals surface area contributed by atoms with Crippen molar-refractivity contribution >= 4 is 78.0 Å². The van der Waals surface area contributed by atoms with Crippen molar-refractivity contribution in [3.8, 4) is 9.75 Å². The number of amides is 2. The lowest BCUT2D eigenvalue weighted by atomic mass is 10.1. The zero-order chi connectivity index (χ0) is 20.6. The molecule has 148 valence electrons. The second kappa shape index (κ2) is 6.49. The summed E-state index contributed by atoms with van der Waals surface area (Å²) >= 11 is 6.69. The average Bonchev–Trinajstić information content (AvgIpc) is 3.53. The third-order valence-corrected chi connectivity index (χ3v) is 9.67. The van der Waals surface area contributed by atoms with Gasteiger partial charge in [0.2, 0.25) is 0 Å². The van der Waals surface area contributed by atoms with Gasteiger partial charge < -0.3 is 9.80 Å². The molecular formula is C22H14N2O2S4. The van der Waals surface area contributed by atoms with Crippen molar-refractivity contribution in [3.05, 3.63) is 68.1 Å². The highest BCUT2D eigenvalue weighted by Crippen LogP contribution is 2.48. The minimum Gasteiger partial charge on any atom is -0.309 e. The third kappa shape index (κ3) is 2.42. The van der Waals surface area contributed by atoms with Crippen molar-refractivity contribution < 1.29 is 9.59 Å². The molecule has 0 aliphatic carbocycles. The van der Waals surface area contributed by atoms with Crippen molar-refractivity contribution in [2.45, 2.75) is 0 Å². The molecule has 0 saturated heterocycles. The van der Waals surface area contributed by atoms with E-state index in [1.165, 1.54) is 25.6 Å². The van der Waals surface area contributed by atoms with Crippen molar-refractivity contribution in [1.82, 2.24) is 9.80 Å². The number of thiophene rings is 4. The van der Waals surface area contributed by atoms with Crippen LogP contribution in [0.15, 0.2) is 58.3 Å². The molecule has 0 radical (unpaired) electrons. The van der Waals surface area contributed by atoms with Crippen LogP contribution in [0.25, 0.3) is 30.5 Å². The number of nitrogens with zero attached hydrogens (tertiary/aromatic N) is 2. The molecule has 0 fully saturated rings. The van der Waals surface area contributed by atoms with Crippen LogP contribution in [0, 0.1) is 0 Å². The van der Waals surface area contributed by atoms with Gasteiger partial charge in [0.15, 0.2) is 0 Å². The third-order valence-electron chi connectivity index (χ3n) is 5.41. The number of rotatable bonds is 3. The van der Waals surface area contributed by atoms with Crippen molar-refractivity contribution in [2.75, 3.05) is 14.1 Å². The van der Waals surface area contributed by atoms with E-state index in [0.717, 1.165) is 14.6 Å². The second-order valence-corrected chi connectivity index (χ2v) is 11.1. The van der Waals surface area contributed by atoms with Crippen LogP contribution in [0.2, 0.25) is 0 Å². The Morgan fingerprint density at radius 3 is 2.03 bits per heavy atom. The fourth-order valence-corrected chi connectivity index (χ4v) is 8.10. The fourth-order valence-electron chi connectivity index (χ4n) is 4.00. The monoisotopic (exact) mass is 466 g/mol. The predicted octanol–water partition coefficient (Wildman–Crippen LogP) is 5.82. The van der Waals surface area contributed by atoms with Gasteiger partial charge >= 0.3 is 0 Å². The van der Waals surface area contributed by atoms with Gasteiger partial charge in [0.1, 0.15) is 0 Å². The topological polar surface area (TPSA) is 40.6 Å². The fraction of sp³-hybridized carbons (Fsp3) is 0.0909. The van der Waals surface area contributed by atoms with E-state index >= 15 is 0 Å². The molecular weight excluding hydrogens is 453 g/mol. The molecule has 2 aliphatic heterocycles. The Bertz CT molecular complexity index is 1390. The lowest BCUT2D eigenvalue weighted by Crippen LogP contribution is -2.24. The molecule has 0 N–H and O–H groups in total. The zero-order valence-electron chi connectivity index (χ0n) is 16.0. The summed E-state index contributed by atoms with van der Waals surface area (Å²) in [6.45, 7) is 0. The summed E-state index contributed by atoms with van der Waals surface area (Å²) in [6, 6.07) is 12.4. The maximum Gasteiger partial charge on any atom is 0.261 e. The Hall–Kier alpha value is -2.52. The Kier molecular flexibility index (Phi) is 3.95. The number of likely N-dealkylation sites (N-methyl/N-ethyl adjacent to an activating group) is 2. The van der Waals surface area contributed by atoms with E-state index in [9.17, 15) is 9.59 Å². The summed E-state index contributed by atoms with van der Waals surface area (Å²) in [4.78, 5) is 33.9. The van der Waals surface area contributed by atoms with Crippen LogP contribution in [-0.4, -0.2) is 35.7 Å². The molecule has 0 bridgehead atoms. The quantitative estimate of drug-likeness (QED) is 0.382. The molecule has 6 rings (SSSR count). The van der Waals surface area contributed by atoms with E-state index < -0.39 is 0 Å². The first kappa shape index (κ1) is 18.3. The maximum atomic E-state index is 13.2. The van der Waals surface area contributed by atoms with Gasteiger partial charge in [0.05, 0.1) is 32.3 Å². The molecule has 4 aromatic rings. The van der Waals surface area contributed by atoms with Crippen LogP contribution < -0.4 is 0 Å². The lowest BCUT2D eigenvalue weighted by Gasteiger charge is -2.18. The molecule has 6 heterocycles. The molecule has 4 nitrogen and oxygen atoms in total. The Labute approximate surface area is 188 Å². The van der Waals surface area contributed by atoms with Crippen LogP contribution in [0.5, 0.6) is 0 Å². The lowest BCUT2D eigenvalue weighted by molar-refractivity contribution is -0.123. The summed E-state index contributed by atoms with van der Waals surface area (Å²) in [5.74, 6) is -0.236. The average molecular weight is 467 g/mol. The zero-order valence-corrected chi connectivity index (χ0v) is 19.2. The maximum absolute atomic E-state index is 13.2. The second-order valence-electron chi connectivity index (χ2n) is 7.08. The number of hydrogen-bond donors (Lipinski definition) is 0. The highest BCUT2D eigenvalue weighted by molar-refractivity contribution is 7.30. The molecule has 0 saturated carbocycles. The molecule has 2 amide bonds. The minimum atomic E-state index is -0.118. The number of hydrogen-bond acceptors (Lipinski definition) is 6. The number of fused-ring (bicyclic) bond motifs is 2. The van der Waals surface area contributed by atoms with Crippen LogP contribution in [-0.2, 0) is 9.59 Å². The van der Waals surface area contributed by atoms with Crippen LogP contribution in [0.1, 0.15) is 9.75 Å². The molecule has 0 aromatic carbocycles. The number of carbonyl (C=O) groups excluding carboxylic acids is 2.